The molecule has 11 heteroatoms. The summed E-state index contributed by atoms with van der Waals surface area (Å²) >= 11 is 12.8. The molecule has 1 unspecified atom stereocenters. The van der Waals surface area contributed by atoms with Crippen LogP contribution in [0.2, 0.25) is 10.0 Å². The molecule has 0 fully saturated rings. The number of carbonyl (C=O) groups excluding carboxylic acids is 2. The molecule has 4 rings (SSSR count). The van der Waals surface area contributed by atoms with E-state index in [0.29, 0.717) is 38.9 Å². The minimum Gasteiger partial charge on any atom is -0.444 e. The van der Waals surface area contributed by atoms with Crippen LogP contribution < -0.4 is 11.0 Å². The van der Waals surface area contributed by atoms with Gasteiger partial charge in [0, 0.05) is 29.4 Å². The number of hydrogen-bond acceptors (Lipinski definition) is 5. The quantitative estimate of drug-likeness (QED) is 0.190. The van der Waals surface area contributed by atoms with Gasteiger partial charge in [0.2, 0.25) is 0 Å². The van der Waals surface area contributed by atoms with Gasteiger partial charge in [-0.1, -0.05) is 67.4 Å². The SMILES string of the molecule is Cc1nn2c(=O)n(Cc3ccccc3)c(C(C(C)C)N(CCCNC(=O)OC(C)(C)C)C(=O)c3ccc(Cl)cc3)cc2c1Cl. The van der Waals surface area contributed by atoms with Gasteiger partial charge in [0.05, 0.1) is 28.8 Å². The fraction of sp³-hybridized carbons (Fsp3) is 0.394. The second-order valence-corrected chi connectivity index (χ2v) is 12.9. The van der Waals surface area contributed by atoms with Crippen LogP contribution in [0.1, 0.15) is 74.4 Å². The number of alkyl carbamates (subject to hydrolysis) is 1. The highest BCUT2D eigenvalue weighted by Crippen LogP contribution is 2.33. The van der Waals surface area contributed by atoms with E-state index in [4.69, 9.17) is 27.9 Å². The van der Waals surface area contributed by atoms with E-state index in [0.717, 1.165) is 5.56 Å². The number of nitrogens with zero attached hydrogens (tertiary/aromatic N) is 4. The lowest BCUT2D eigenvalue weighted by Gasteiger charge is -2.36. The lowest BCUT2D eigenvalue weighted by molar-refractivity contribution is 0.0520. The van der Waals surface area contributed by atoms with E-state index in [1.54, 1.807) is 61.4 Å². The fourth-order valence-corrected chi connectivity index (χ4v) is 5.45. The maximum absolute atomic E-state index is 14.2. The molecule has 2 amide bonds. The zero-order valence-corrected chi connectivity index (χ0v) is 27.4. The third-order valence-electron chi connectivity index (χ3n) is 7.08. The molecule has 9 nitrogen and oxygen atoms in total. The predicted molar refractivity (Wildman–Crippen MR) is 174 cm³/mol. The second kappa shape index (κ2) is 13.9. The summed E-state index contributed by atoms with van der Waals surface area (Å²) in [5.41, 5.74) is 2.04. The van der Waals surface area contributed by atoms with Crippen molar-refractivity contribution in [1.82, 2.24) is 24.4 Å². The first-order valence-electron chi connectivity index (χ1n) is 14.6. The van der Waals surface area contributed by atoms with Gasteiger partial charge in [0.25, 0.3) is 5.91 Å². The summed E-state index contributed by atoms with van der Waals surface area (Å²) in [6.07, 6.45) is -0.0825. The van der Waals surface area contributed by atoms with E-state index in [-0.39, 0.29) is 37.1 Å². The van der Waals surface area contributed by atoms with Gasteiger partial charge in [-0.05, 0) is 75.9 Å². The predicted octanol–water partition coefficient (Wildman–Crippen LogP) is 6.91. The average Bonchev–Trinajstić information content (AvgIpc) is 3.24. The zero-order valence-electron chi connectivity index (χ0n) is 25.9. The van der Waals surface area contributed by atoms with Crippen LogP contribution >= 0.6 is 23.2 Å². The summed E-state index contributed by atoms with van der Waals surface area (Å²) in [5.74, 6) is -0.344. The van der Waals surface area contributed by atoms with E-state index in [9.17, 15) is 14.4 Å². The molecule has 0 saturated heterocycles. The van der Waals surface area contributed by atoms with Crippen molar-refractivity contribution >= 4 is 40.7 Å². The molecule has 2 aromatic carbocycles. The second-order valence-electron chi connectivity index (χ2n) is 12.1. The highest BCUT2D eigenvalue weighted by Gasteiger charge is 2.32. The van der Waals surface area contributed by atoms with Gasteiger partial charge in [-0.2, -0.15) is 9.61 Å². The first-order chi connectivity index (χ1) is 20.8. The molecular formula is C33H39Cl2N5O4. The smallest absolute Gasteiger partial charge is 0.407 e. The van der Waals surface area contributed by atoms with Gasteiger partial charge in [-0.3, -0.25) is 9.36 Å². The molecule has 0 saturated carbocycles. The first-order valence-corrected chi connectivity index (χ1v) is 15.4. The van der Waals surface area contributed by atoms with Crippen molar-refractivity contribution in [3.05, 3.63) is 104 Å². The number of benzene rings is 2. The van der Waals surface area contributed by atoms with Crippen LogP contribution in [0.5, 0.6) is 0 Å². The Labute approximate surface area is 267 Å². The number of fused-ring (bicyclic) bond motifs is 1. The Morgan fingerprint density at radius 3 is 2.32 bits per heavy atom. The van der Waals surface area contributed by atoms with Crippen molar-refractivity contribution in [2.24, 2.45) is 5.92 Å². The molecule has 0 aliphatic carbocycles. The lowest BCUT2D eigenvalue weighted by atomic mass is 9.96. The van der Waals surface area contributed by atoms with Gasteiger partial charge < -0.3 is 15.0 Å². The molecule has 0 aliphatic rings. The highest BCUT2D eigenvalue weighted by molar-refractivity contribution is 6.34. The first kappa shape index (κ1) is 33.1. The summed E-state index contributed by atoms with van der Waals surface area (Å²) in [7, 11) is 0. The summed E-state index contributed by atoms with van der Waals surface area (Å²) in [6.45, 7) is 12.0. The third-order valence-corrected chi connectivity index (χ3v) is 7.80. The summed E-state index contributed by atoms with van der Waals surface area (Å²) in [4.78, 5) is 42.3. The number of ether oxygens (including phenoxy) is 1. The van der Waals surface area contributed by atoms with E-state index < -0.39 is 17.7 Å². The Bertz CT molecular complexity index is 1680. The van der Waals surface area contributed by atoms with Crippen LogP contribution in [-0.4, -0.2) is 49.8 Å². The molecular weight excluding hydrogens is 601 g/mol. The number of rotatable bonds is 10. The van der Waals surface area contributed by atoms with Crippen molar-refractivity contribution in [3.8, 4) is 0 Å². The molecule has 1 N–H and O–H groups in total. The monoisotopic (exact) mass is 639 g/mol. The standard InChI is InChI=1S/C33H39Cl2N5O4/c1-21(2)29(27-19-26-28(35)22(3)37-40(26)32(43)39(27)20-23-11-8-7-9-12-23)38(30(41)24-13-15-25(34)16-14-24)18-10-17-36-31(42)44-33(4,5)6/h7-9,11-16,19,21,29H,10,17-18,20H2,1-6H3,(H,36,42). The van der Waals surface area contributed by atoms with Crippen molar-refractivity contribution in [1.29, 1.82) is 0 Å². The molecule has 234 valence electrons. The van der Waals surface area contributed by atoms with Crippen molar-refractivity contribution in [2.75, 3.05) is 13.1 Å². The number of carbonyl (C=O) groups is 2. The van der Waals surface area contributed by atoms with Crippen LogP contribution in [0.4, 0.5) is 4.79 Å². The maximum atomic E-state index is 14.2. The lowest BCUT2D eigenvalue weighted by Crippen LogP contribution is -2.43. The molecule has 0 aliphatic heterocycles. The molecule has 0 radical (unpaired) electrons. The van der Waals surface area contributed by atoms with Crippen LogP contribution in [0.15, 0.2) is 65.5 Å². The van der Waals surface area contributed by atoms with Crippen LogP contribution in [0.3, 0.4) is 0 Å². The van der Waals surface area contributed by atoms with Crippen molar-refractivity contribution in [3.63, 3.8) is 0 Å². The van der Waals surface area contributed by atoms with Gasteiger partial charge in [0.15, 0.2) is 0 Å². The average molecular weight is 641 g/mol. The number of halogens is 2. The Hall–Kier alpha value is -3.82. The number of nitrogens with one attached hydrogen (secondary N) is 1. The van der Waals surface area contributed by atoms with E-state index in [1.807, 2.05) is 50.2 Å². The highest BCUT2D eigenvalue weighted by atomic mass is 35.5. The number of aromatic nitrogens is 3. The summed E-state index contributed by atoms with van der Waals surface area (Å²) in [6, 6.07) is 17.7. The third kappa shape index (κ3) is 7.81. The summed E-state index contributed by atoms with van der Waals surface area (Å²) < 4.78 is 8.35. The number of aryl methyl sites for hydroxylation is 1. The maximum Gasteiger partial charge on any atom is 0.407 e. The van der Waals surface area contributed by atoms with Gasteiger partial charge in [-0.25, -0.2) is 9.59 Å². The molecule has 2 heterocycles. The Morgan fingerprint density at radius 2 is 1.70 bits per heavy atom. The van der Waals surface area contributed by atoms with Gasteiger partial charge in [0.1, 0.15) is 5.60 Å². The normalized spacial score (nSPS) is 12.4. The van der Waals surface area contributed by atoms with Crippen LogP contribution in [0.25, 0.3) is 5.52 Å². The van der Waals surface area contributed by atoms with Gasteiger partial charge >= 0.3 is 11.8 Å². The minimum absolute atomic E-state index is 0.114. The summed E-state index contributed by atoms with van der Waals surface area (Å²) in [5, 5.41) is 8.08. The fourth-order valence-electron chi connectivity index (χ4n) is 5.15. The molecule has 0 bridgehead atoms. The van der Waals surface area contributed by atoms with Gasteiger partial charge in [-0.15, -0.1) is 0 Å². The van der Waals surface area contributed by atoms with E-state index in [1.165, 1.54) is 4.52 Å². The number of hydrogen-bond donors (Lipinski definition) is 1. The van der Waals surface area contributed by atoms with E-state index >= 15 is 0 Å². The Kier molecular flexibility index (Phi) is 10.4. The molecule has 44 heavy (non-hydrogen) atoms. The topological polar surface area (TPSA) is 97.9 Å². The van der Waals surface area contributed by atoms with E-state index in [2.05, 4.69) is 10.4 Å². The molecule has 4 aromatic rings. The number of amides is 2. The molecule has 0 spiro atoms. The minimum atomic E-state index is -0.627. The van der Waals surface area contributed by atoms with Crippen LogP contribution in [0, 0.1) is 12.8 Å². The molecule has 2 aromatic heterocycles. The molecule has 1 atom stereocenters. The van der Waals surface area contributed by atoms with Crippen LogP contribution in [-0.2, 0) is 11.3 Å². The Balaban J connectivity index is 1.80. The zero-order chi connectivity index (χ0) is 32.2. The Morgan fingerprint density at radius 1 is 1.05 bits per heavy atom. The van der Waals surface area contributed by atoms with Crippen molar-refractivity contribution in [2.45, 2.75) is 66.2 Å². The largest absolute Gasteiger partial charge is 0.444 e. The van der Waals surface area contributed by atoms with Crippen molar-refractivity contribution < 1.29 is 14.3 Å².